The topological polar surface area (TPSA) is 49.4 Å². The Bertz CT molecular complexity index is 532. The van der Waals surface area contributed by atoms with Crippen LogP contribution < -0.4 is 5.32 Å². The molecule has 1 heterocycles. The van der Waals surface area contributed by atoms with Crippen LogP contribution in [0.4, 0.5) is 0 Å². The number of sulfonamides is 1. The predicted octanol–water partition coefficient (Wildman–Crippen LogP) is 2.36. The molecule has 1 N–H and O–H groups in total. The third kappa shape index (κ3) is 4.53. The van der Waals surface area contributed by atoms with Crippen LogP contribution in [0.5, 0.6) is 0 Å². The molecule has 5 heteroatoms. The van der Waals surface area contributed by atoms with Crippen molar-refractivity contribution in [3.05, 3.63) is 35.4 Å². The average molecular weight is 310 g/mol. The van der Waals surface area contributed by atoms with Gasteiger partial charge in [0.1, 0.15) is 0 Å². The SMILES string of the molecule is CCC1CCN(S(=O)(=O)Cc2ccc(CNC)cc2)CC1. The zero-order valence-corrected chi connectivity index (χ0v) is 13.8. The molecule has 1 aromatic carbocycles. The highest BCUT2D eigenvalue weighted by Crippen LogP contribution is 2.23. The first kappa shape index (κ1) is 16.5. The van der Waals surface area contributed by atoms with Crippen molar-refractivity contribution in [3.63, 3.8) is 0 Å². The molecule has 2 rings (SSSR count). The molecule has 0 spiro atoms. The van der Waals surface area contributed by atoms with E-state index in [-0.39, 0.29) is 5.75 Å². The molecule has 1 aliphatic rings. The van der Waals surface area contributed by atoms with Gasteiger partial charge < -0.3 is 5.32 Å². The Morgan fingerprint density at radius 1 is 1.14 bits per heavy atom. The molecule has 0 unspecified atom stereocenters. The van der Waals surface area contributed by atoms with Crippen LogP contribution in [0.1, 0.15) is 37.3 Å². The van der Waals surface area contributed by atoms with E-state index in [0.29, 0.717) is 19.0 Å². The molecule has 0 aromatic heterocycles. The van der Waals surface area contributed by atoms with E-state index in [1.807, 2.05) is 31.3 Å². The molecule has 0 aliphatic carbocycles. The number of hydrogen-bond acceptors (Lipinski definition) is 3. The van der Waals surface area contributed by atoms with Gasteiger partial charge in [-0.25, -0.2) is 12.7 Å². The number of nitrogens with zero attached hydrogens (tertiary/aromatic N) is 1. The Labute approximate surface area is 128 Å². The van der Waals surface area contributed by atoms with E-state index in [1.54, 1.807) is 4.31 Å². The summed E-state index contributed by atoms with van der Waals surface area (Å²) in [6.45, 7) is 4.34. The molecule has 1 aromatic rings. The minimum atomic E-state index is -3.18. The minimum Gasteiger partial charge on any atom is -0.316 e. The van der Waals surface area contributed by atoms with E-state index in [2.05, 4.69) is 12.2 Å². The van der Waals surface area contributed by atoms with Crippen molar-refractivity contribution in [3.8, 4) is 0 Å². The van der Waals surface area contributed by atoms with Crippen molar-refractivity contribution in [2.45, 2.75) is 38.5 Å². The summed E-state index contributed by atoms with van der Waals surface area (Å²) in [6.07, 6.45) is 3.15. The van der Waals surface area contributed by atoms with Gasteiger partial charge in [-0.1, -0.05) is 37.6 Å². The largest absolute Gasteiger partial charge is 0.316 e. The van der Waals surface area contributed by atoms with Crippen LogP contribution in [-0.4, -0.2) is 32.9 Å². The maximum absolute atomic E-state index is 12.5. The van der Waals surface area contributed by atoms with Gasteiger partial charge in [0.15, 0.2) is 0 Å². The lowest BCUT2D eigenvalue weighted by atomic mass is 9.96. The second-order valence-electron chi connectivity index (χ2n) is 5.85. The molecule has 0 bridgehead atoms. The van der Waals surface area contributed by atoms with Crippen LogP contribution in [-0.2, 0) is 22.3 Å². The van der Waals surface area contributed by atoms with Crippen LogP contribution in [0, 0.1) is 5.92 Å². The zero-order chi connectivity index (χ0) is 15.3. The van der Waals surface area contributed by atoms with Gasteiger partial charge in [0.05, 0.1) is 5.75 Å². The Morgan fingerprint density at radius 3 is 2.24 bits per heavy atom. The molecule has 21 heavy (non-hydrogen) atoms. The average Bonchev–Trinajstić information content (AvgIpc) is 2.49. The monoisotopic (exact) mass is 310 g/mol. The van der Waals surface area contributed by atoms with E-state index < -0.39 is 10.0 Å². The van der Waals surface area contributed by atoms with Crippen LogP contribution in [0.15, 0.2) is 24.3 Å². The molecule has 0 atom stereocenters. The van der Waals surface area contributed by atoms with Crippen LogP contribution in [0.2, 0.25) is 0 Å². The highest BCUT2D eigenvalue weighted by atomic mass is 32.2. The van der Waals surface area contributed by atoms with Crippen molar-refractivity contribution >= 4 is 10.0 Å². The second kappa shape index (κ2) is 7.38. The molecular weight excluding hydrogens is 284 g/mol. The fraction of sp³-hybridized carbons (Fsp3) is 0.625. The van der Waals surface area contributed by atoms with E-state index in [1.165, 1.54) is 5.56 Å². The van der Waals surface area contributed by atoms with Gasteiger partial charge >= 0.3 is 0 Å². The smallest absolute Gasteiger partial charge is 0.218 e. The van der Waals surface area contributed by atoms with Crippen molar-refractivity contribution in [2.24, 2.45) is 5.92 Å². The quantitative estimate of drug-likeness (QED) is 0.877. The molecule has 0 saturated carbocycles. The molecule has 1 fully saturated rings. The number of hydrogen-bond donors (Lipinski definition) is 1. The van der Waals surface area contributed by atoms with Crippen LogP contribution >= 0.6 is 0 Å². The summed E-state index contributed by atoms with van der Waals surface area (Å²) < 4.78 is 26.6. The van der Waals surface area contributed by atoms with Gasteiger partial charge in [-0.3, -0.25) is 0 Å². The maximum atomic E-state index is 12.5. The molecule has 0 amide bonds. The van der Waals surface area contributed by atoms with Crippen molar-refractivity contribution < 1.29 is 8.42 Å². The van der Waals surface area contributed by atoms with E-state index in [9.17, 15) is 8.42 Å². The summed E-state index contributed by atoms with van der Waals surface area (Å²) in [5, 5.41) is 3.09. The predicted molar refractivity (Wildman–Crippen MR) is 86.4 cm³/mol. The second-order valence-corrected chi connectivity index (χ2v) is 7.82. The van der Waals surface area contributed by atoms with Gasteiger partial charge in [0.25, 0.3) is 0 Å². The van der Waals surface area contributed by atoms with E-state index >= 15 is 0 Å². The summed E-state index contributed by atoms with van der Waals surface area (Å²) >= 11 is 0. The first-order valence-electron chi connectivity index (χ1n) is 7.75. The summed E-state index contributed by atoms with van der Waals surface area (Å²) in [6, 6.07) is 7.82. The van der Waals surface area contributed by atoms with Crippen molar-refractivity contribution in [1.82, 2.24) is 9.62 Å². The van der Waals surface area contributed by atoms with E-state index in [0.717, 1.165) is 31.4 Å². The molecule has 0 radical (unpaired) electrons. The van der Waals surface area contributed by atoms with Crippen LogP contribution in [0.25, 0.3) is 0 Å². The van der Waals surface area contributed by atoms with Gasteiger partial charge in [0, 0.05) is 19.6 Å². The molecule has 1 saturated heterocycles. The summed E-state index contributed by atoms with van der Waals surface area (Å²) in [5.41, 5.74) is 2.04. The standard InChI is InChI=1S/C16H26N2O2S/c1-3-14-8-10-18(11-9-14)21(19,20)13-16-6-4-15(5-7-16)12-17-2/h4-7,14,17H,3,8-13H2,1-2H3. The first-order chi connectivity index (χ1) is 10.0. The number of nitrogens with one attached hydrogen (secondary N) is 1. The molecular formula is C16H26N2O2S. The zero-order valence-electron chi connectivity index (χ0n) is 13.0. The van der Waals surface area contributed by atoms with Crippen molar-refractivity contribution in [1.29, 1.82) is 0 Å². The highest BCUT2D eigenvalue weighted by Gasteiger charge is 2.27. The summed E-state index contributed by atoms with van der Waals surface area (Å²) in [7, 11) is -1.27. The third-order valence-corrected chi connectivity index (χ3v) is 6.15. The molecule has 4 nitrogen and oxygen atoms in total. The van der Waals surface area contributed by atoms with Crippen LogP contribution in [0.3, 0.4) is 0 Å². The molecule has 118 valence electrons. The third-order valence-electron chi connectivity index (χ3n) is 4.30. The van der Waals surface area contributed by atoms with Gasteiger partial charge in [-0.05, 0) is 36.9 Å². The summed E-state index contributed by atoms with van der Waals surface area (Å²) in [4.78, 5) is 0. The minimum absolute atomic E-state index is 0.115. The number of benzene rings is 1. The fourth-order valence-electron chi connectivity index (χ4n) is 2.86. The Hall–Kier alpha value is -0.910. The van der Waals surface area contributed by atoms with Gasteiger partial charge in [0.2, 0.25) is 10.0 Å². The normalized spacial score (nSPS) is 18.0. The maximum Gasteiger partial charge on any atom is 0.218 e. The lowest BCUT2D eigenvalue weighted by molar-refractivity contribution is 0.269. The Kier molecular flexibility index (Phi) is 5.79. The number of rotatable bonds is 6. The first-order valence-corrected chi connectivity index (χ1v) is 9.36. The number of piperidine rings is 1. The van der Waals surface area contributed by atoms with Gasteiger partial charge in [-0.2, -0.15) is 0 Å². The lowest BCUT2D eigenvalue weighted by Crippen LogP contribution is -2.38. The van der Waals surface area contributed by atoms with E-state index in [4.69, 9.17) is 0 Å². The highest BCUT2D eigenvalue weighted by molar-refractivity contribution is 7.88. The fourth-order valence-corrected chi connectivity index (χ4v) is 4.42. The van der Waals surface area contributed by atoms with Crippen molar-refractivity contribution in [2.75, 3.05) is 20.1 Å². The Morgan fingerprint density at radius 2 is 1.71 bits per heavy atom. The summed E-state index contributed by atoms with van der Waals surface area (Å²) in [5.74, 6) is 0.807. The Balaban J connectivity index is 1.97. The van der Waals surface area contributed by atoms with Gasteiger partial charge in [-0.15, -0.1) is 0 Å². The molecule has 1 aliphatic heterocycles. The lowest BCUT2D eigenvalue weighted by Gasteiger charge is -2.30.